The van der Waals surface area contributed by atoms with E-state index in [-0.39, 0.29) is 29.7 Å². The van der Waals surface area contributed by atoms with Gasteiger partial charge in [-0.15, -0.1) is 0 Å². The van der Waals surface area contributed by atoms with Crippen LogP contribution in [0, 0.1) is 0 Å². The normalized spacial score (nSPS) is 11.0. The quantitative estimate of drug-likeness (QED) is 0.825. The Morgan fingerprint density at radius 2 is 1.87 bits per heavy atom. The van der Waals surface area contributed by atoms with E-state index in [1.165, 1.54) is 0 Å². The standard InChI is InChI=1S/C17H20N2O4/c1-4-23-10-19-16(21)13(11(2)3)14(18-17(19)22)15(20)12-8-6-5-7-9-12/h5-9,11H,4,10H2,1-3H3,(H,18,22). The summed E-state index contributed by atoms with van der Waals surface area (Å²) in [5, 5.41) is 0. The molecule has 0 bridgehead atoms. The SMILES string of the molecule is CCOCn1c(=O)[nH]c(C(=O)c2ccccc2)c(C(C)C)c1=O. The summed E-state index contributed by atoms with van der Waals surface area (Å²) in [5.74, 6) is -0.582. The number of hydrogen-bond donors (Lipinski definition) is 1. The van der Waals surface area contributed by atoms with Gasteiger partial charge in [0.1, 0.15) is 6.73 Å². The van der Waals surface area contributed by atoms with Crippen LogP contribution in [0.1, 0.15) is 48.3 Å². The van der Waals surface area contributed by atoms with Gasteiger partial charge >= 0.3 is 5.69 Å². The van der Waals surface area contributed by atoms with Gasteiger partial charge < -0.3 is 9.72 Å². The molecule has 0 spiro atoms. The first kappa shape index (κ1) is 16.9. The van der Waals surface area contributed by atoms with Crippen molar-refractivity contribution in [2.75, 3.05) is 6.61 Å². The lowest BCUT2D eigenvalue weighted by atomic mass is 9.97. The maximum Gasteiger partial charge on any atom is 0.330 e. The molecule has 0 aliphatic heterocycles. The Hall–Kier alpha value is -2.47. The van der Waals surface area contributed by atoms with Crippen LogP contribution in [0.15, 0.2) is 39.9 Å². The molecule has 1 aromatic carbocycles. The fraction of sp³-hybridized carbons (Fsp3) is 0.353. The summed E-state index contributed by atoms with van der Waals surface area (Å²) < 4.78 is 6.13. The number of nitrogens with zero attached hydrogens (tertiary/aromatic N) is 1. The molecule has 23 heavy (non-hydrogen) atoms. The molecule has 0 aliphatic rings. The minimum absolute atomic E-state index is 0.0500. The van der Waals surface area contributed by atoms with Crippen LogP contribution in [0.25, 0.3) is 0 Å². The number of carbonyl (C=O) groups excluding carboxylic acids is 1. The van der Waals surface area contributed by atoms with Gasteiger partial charge in [0.2, 0.25) is 5.78 Å². The molecule has 2 rings (SSSR count). The Morgan fingerprint density at radius 1 is 1.22 bits per heavy atom. The van der Waals surface area contributed by atoms with Crippen molar-refractivity contribution in [3.8, 4) is 0 Å². The summed E-state index contributed by atoms with van der Waals surface area (Å²) in [6.45, 7) is 5.64. The number of aromatic amines is 1. The lowest BCUT2D eigenvalue weighted by Crippen LogP contribution is -2.40. The average Bonchev–Trinajstić information content (AvgIpc) is 2.53. The van der Waals surface area contributed by atoms with E-state index in [0.29, 0.717) is 12.2 Å². The number of rotatable bonds is 6. The first-order valence-corrected chi connectivity index (χ1v) is 7.51. The van der Waals surface area contributed by atoms with Gasteiger partial charge in [0.15, 0.2) is 0 Å². The molecule has 0 saturated heterocycles. The Balaban J connectivity index is 2.63. The van der Waals surface area contributed by atoms with E-state index < -0.39 is 11.2 Å². The Bertz CT molecular complexity index is 804. The van der Waals surface area contributed by atoms with Crippen molar-refractivity contribution in [3.63, 3.8) is 0 Å². The Morgan fingerprint density at radius 3 is 2.43 bits per heavy atom. The van der Waals surface area contributed by atoms with Crippen LogP contribution in [0.4, 0.5) is 0 Å². The van der Waals surface area contributed by atoms with Gasteiger partial charge in [-0.25, -0.2) is 9.36 Å². The average molecular weight is 316 g/mol. The molecule has 1 N–H and O–H groups in total. The van der Waals surface area contributed by atoms with Gasteiger partial charge in [0, 0.05) is 17.7 Å². The summed E-state index contributed by atoms with van der Waals surface area (Å²) in [5.41, 5.74) is -0.372. The molecule has 1 heterocycles. The van der Waals surface area contributed by atoms with Crippen molar-refractivity contribution < 1.29 is 9.53 Å². The van der Waals surface area contributed by atoms with Crippen LogP contribution in [-0.2, 0) is 11.5 Å². The predicted molar refractivity (Wildman–Crippen MR) is 86.9 cm³/mol. The third-order valence-corrected chi connectivity index (χ3v) is 3.49. The van der Waals surface area contributed by atoms with E-state index in [4.69, 9.17) is 4.74 Å². The van der Waals surface area contributed by atoms with Crippen LogP contribution >= 0.6 is 0 Å². The molecule has 122 valence electrons. The molecule has 1 aromatic heterocycles. The maximum absolute atomic E-state index is 12.7. The number of aromatic nitrogens is 2. The zero-order chi connectivity index (χ0) is 17.0. The molecule has 0 amide bonds. The smallest absolute Gasteiger partial charge is 0.330 e. The van der Waals surface area contributed by atoms with E-state index >= 15 is 0 Å². The van der Waals surface area contributed by atoms with Crippen LogP contribution < -0.4 is 11.2 Å². The van der Waals surface area contributed by atoms with Gasteiger partial charge in [-0.2, -0.15) is 0 Å². The van der Waals surface area contributed by atoms with Gasteiger partial charge in [0.05, 0.1) is 5.69 Å². The van der Waals surface area contributed by atoms with Gasteiger partial charge in [-0.05, 0) is 12.8 Å². The molecule has 6 nitrogen and oxygen atoms in total. The van der Waals surface area contributed by atoms with Crippen molar-refractivity contribution >= 4 is 5.78 Å². The number of benzene rings is 1. The summed E-state index contributed by atoms with van der Waals surface area (Å²) in [7, 11) is 0. The molecular weight excluding hydrogens is 296 g/mol. The second kappa shape index (κ2) is 7.19. The molecule has 0 radical (unpaired) electrons. The largest absolute Gasteiger partial charge is 0.361 e. The fourth-order valence-electron chi connectivity index (χ4n) is 2.33. The topological polar surface area (TPSA) is 81.2 Å². The number of nitrogens with one attached hydrogen (secondary N) is 1. The second-order valence-corrected chi connectivity index (χ2v) is 5.42. The van der Waals surface area contributed by atoms with Crippen molar-refractivity contribution in [2.24, 2.45) is 0 Å². The van der Waals surface area contributed by atoms with Crippen molar-refractivity contribution in [2.45, 2.75) is 33.4 Å². The third-order valence-electron chi connectivity index (χ3n) is 3.49. The van der Waals surface area contributed by atoms with Gasteiger partial charge in [0.25, 0.3) is 5.56 Å². The van der Waals surface area contributed by atoms with Crippen molar-refractivity contribution in [3.05, 3.63) is 68.0 Å². The lowest BCUT2D eigenvalue weighted by molar-refractivity contribution is 0.0814. The molecular formula is C17H20N2O4. The molecule has 2 aromatic rings. The van der Waals surface area contributed by atoms with Crippen LogP contribution in [0.2, 0.25) is 0 Å². The fourth-order valence-corrected chi connectivity index (χ4v) is 2.33. The molecule has 0 unspecified atom stereocenters. The Labute approximate surface area is 133 Å². The van der Waals surface area contributed by atoms with E-state index in [1.54, 1.807) is 37.3 Å². The maximum atomic E-state index is 12.7. The van der Waals surface area contributed by atoms with Gasteiger partial charge in [-0.1, -0.05) is 44.2 Å². The first-order chi connectivity index (χ1) is 11.0. The lowest BCUT2D eigenvalue weighted by Gasteiger charge is -2.14. The van der Waals surface area contributed by atoms with Crippen LogP contribution in [0.3, 0.4) is 0 Å². The minimum atomic E-state index is -0.646. The Kier molecular flexibility index (Phi) is 5.28. The van der Waals surface area contributed by atoms with E-state index in [9.17, 15) is 14.4 Å². The van der Waals surface area contributed by atoms with Crippen LogP contribution in [-0.4, -0.2) is 21.9 Å². The first-order valence-electron chi connectivity index (χ1n) is 7.51. The highest BCUT2D eigenvalue weighted by molar-refractivity contribution is 6.08. The monoisotopic (exact) mass is 316 g/mol. The molecule has 0 fully saturated rings. The predicted octanol–water partition coefficient (Wildman–Crippen LogP) is 1.89. The number of hydrogen-bond acceptors (Lipinski definition) is 4. The summed E-state index contributed by atoms with van der Waals surface area (Å²) >= 11 is 0. The molecule has 0 aliphatic carbocycles. The van der Waals surface area contributed by atoms with Crippen LogP contribution in [0.5, 0.6) is 0 Å². The third kappa shape index (κ3) is 3.48. The number of ketones is 1. The van der Waals surface area contributed by atoms with Gasteiger partial charge in [-0.3, -0.25) is 9.59 Å². The number of carbonyl (C=O) groups is 1. The highest BCUT2D eigenvalue weighted by atomic mass is 16.5. The highest BCUT2D eigenvalue weighted by Gasteiger charge is 2.22. The second-order valence-electron chi connectivity index (χ2n) is 5.42. The van der Waals surface area contributed by atoms with E-state index in [0.717, 1.165) is 4.57 Å². The molecule has 0 atom stereocenters. The zero-order valence-electron chi connectivity index (χ0n) is 13.5. The zero-order valence-corrected chi connectivity index (χ0v) is 13.5. The highest BCUT2D eigenvalue weighted by Crippen LogP contribution is 2.16. The van der Waals surface area contributed by atoms with Crippen molar-refractivity contribution in [1.82, 2.24) is 9.55 Å². The summed E-state index contributed by atoms with van der Waals surface area (Å²) in [6.07, 6.45) is 0. The molecule has 0 saturated carbocycles. The minimum Gasteiger partial charge on any atom is -0.361 e. The van der Waals surface area contributed by atoms with E-state index in [1.807, 2.05) is 13.8 Å². The summed E-state index contributed by atoms with van der Waals surface area (Å²) in [6, 6.07) is 8.56. The molecule has 6 heteroatoms. The van der Waals surface area contributed by atoms with Crippen molar-refractivity contribution in [1.29, 1.82) is 0 Å². The number of H-pyrrole nitrogens is 1. The van der Waals surface area contributed by atoms with E-state index in [2.05, 4.69) is 4.98 Å². The number of ether oxygens (including phenoxy) is 1. The summed E-state index contributed by atoms with van der Waals surface area (Å²) in [4.78, 5) is 40.0.